The molecule has 162 valence electrons. The normalized spacial score (nSPS) is 15.7. The predicted molar refractivity (Wildman–Crippen MR) is 138 cm³/mol. The van der Waals surface area contributed by atoms with Gasteiger partial charge in [0.25, 0.3) is 0 Å². The molecule has 0 spiro atoms. The predicted octanol–water partition coefficient (Wildman–Crippen LogP) is 8.68. The average molecular weight is 419 g/mol. The molecule has 5 rings (SSSR count). The third-order valence-electron chi connectivity index (χ3n) is 7.23. The minimum Gasteiger partial charge on any atom is -0.0998 e. The first-order chi connectivity index (χ1) is 15.7. The van der Waals surface area contributed by atoms with Crippen molar-refractivity contribution in [2.75, 3.05) is 0 Å². The van der Waals surface area contributed by atoms with Crippen LogP contribution in [0.1, 0.15) is 78.3 Å². The van der Waals surface area contributed by atoms with E-state index in [2.05, 4.69) is 86.3 Å². The van der Waals surface area contributed by atoms with Gasteiger partial charge >= 0.3 is 0 Å². The average Bonchev–Trinajstić information content (AvgIpc) is 3.29. The SMILES string of the molecule is C=C(C)Cc1ccccc1Cc1cc(-c2cccc3c2C=CC3)cc(C2CCCCC2)c1. The quantitative estimate of drug-likeness (QED) is 0.351. The fourth-order valence-electron chi connectivity index (χ4n) is 5.64. The van der Waals surface area contributed by atoms with E-state index in [-0.39, 0.29) is 0 Å². The maximum absolute atomic E-state index is 4.15. The van der Waals surface area contributed by atoms with E-state index in [0.717, 1.165) is 19.3 Å². The maximum Gasteiger partial charge on any atom is -0.00226 e. The van der Waals surface area contributed by atoms with Gasteiger partial charge < -0.3 is 0 Å². The Labute approximate surface area is 193 Å². The summed E-state index contributed by atoms with van der Waals surface area (Å²) in [6, 6.07) is 23.2. The van der Waals surface area contributed by atoms with Crippen LogP contribution in [0.25, 0.3) is 17.2 Å². The minimum absolute atomic E-state index is 0.709. The van der Waals surface area contributed by atoms with Crippen LogP contribution in [-0.2, 0) is 19.3 Å². The molecule has 1 saturated carbocycles. The van der Waals surface area contributed by atoms with Crippen LogP contribution in [0.4, 0.5) is 0 Å². The summed E-state index contributed by atoms with van der Waals surface area (Å²) in [5.74, 6) is 0.709. The second-order valence-electron chi connectivity index (χ2n) is 9.86. The monoisotopic (exact) mass is 418 g/mol. The summed E-state index contributed by atoms with van der Waals surface area (Å²) < 4.78 is 0. The molecule has 0 aromatic heterocycles. The molecule has 3 aromatic carbocycles. The van der Waals surface area contributed by atoms with Gasteiger partial charge in [-0.05, 0) is 89.5 Å². The molecule has 0 aliphatic heterocycles. The topological polar surface area (TPSA) is 0 Å². The fraction of sp³-hybridized carbons (Fsp3) is 0.312. The first-order valence-corrected chi connectivity index (χ1v) is 12.3. The number of benzene rings is 3. The van der Waals surface area contributed by atoms with E-state index in [1.165, 1.54) is 76.6 Å². The highest BCUT2D eigenvalue weighted by Crippen LogP contribution is 2.38. The number of rotatable bonds is 6. The Morgan fingerprint density at radius 2 is 1.72 bits per heavy atom. The van der Waals surface area contributed by atoms with Crippen molar-refractivity contribution >= 4 is 6.08 Å². The highest BCUT2D eigenvalue weighted by molar-refractivity contribution is 5.80. The van der Waals surface area contributed by atoms with Crippen molar-refractivity contribution in [3.05, 3.63) is 112 Å². The summed E-state index contributed by atoms with van der Waals surface area (Å²) in [7, 11) is 0. The molecule has 0 nitrogen and oxygen atoms in total. The maximum atomic E-state index is 4.15. The van der Waals surface area contributed by atoms with Gasteiger partial charge in [-0.15, -0.1) is 0 Å². The molecule has 0 heteroatoms. The van der Waals surface area contributed by atoms with Gasteiger partial charge in [0.1, 0.15) is 0 Å². The van der Waals surface area contributed by atoms with Gasteiger partial charge in [-0.2, -0.15) is 0 Å². The summed E-state index contributed by atoms with van der Waals surface area (Å²) in [5, 5.41) is 0. The van der Waals surface area contributed by atoms with Gasteiger partial charge in [-0.25, -0.2) is 0 Å². The van der Waals surface area contributed by atoms with Gasteiger partial charge in [0.15, 0.2) is 0 Å². The Kier molecular flexibility index (Phi) is 6.12. The van der Waals surface area contributed by atoms with Crippen molar-refractivity contribution in [3.63, 3.8) is 0 Å². The second-order valence-corrected chi connectivity index (χ2v) is 9.86. The molecule has 0 amide bonds. The van der Waals surface area contributed by atoms with Crippen molar-refractivity contribution in [2.24, 2.45) is 0 Å². The van der Waals surface area contributed by atoms with Gasteiger partial charge in [-0.3, -0.25) is 0 Å². The molecule has 2 aliphatic carbocycles. The van der Waals surface area contributed by atoms with Crippen LogP contribution in [0, 0.1) is 0 Å². The molecule has 1 fully saturated rings. The van der Waals surface area contributed by atoms with Crippen LogP contribution in [0.2, 0.25) is 0 Å². The van der Waals surface area contributed by atoms with Crippen LogP contribution in [-0.4, -0.2) is 0 Å². The number of hydrogen-bond donors (Lipinski definition) is 0. The molecule has 0 N–H and O–H groups in total. The molecular weight excluding hydrogens is 384 g/mol. The zero-order valence-electron chi connectivity index (χ0n) is 19.4. The smallest absolute Gasteiger partial charge is 0.00226 e. The zero-order chi connectivity index (χ0) is 21.9. The largest absolute Gasteiger partial charge is 0.0998 e. The van der Waals surface area contributed by atoms with Crippen molar-refractivity contribution < 1.29 is 0 Å². The van der Waals surface area contributed by atoms with Crippen LogP contribution >= 0.6 is 0 Å². The van der Waals surface area contributed by atoms with Gasteiger partial charge in [-0.1, -0.05) is 104 Å². The third kappa shape index (κ3) is 4.51. The van der Waals surface area contributed by atoms with E-state index >= 15 is 0 Å². The van der Waals surface area contributed by atoms with E-state index in [1.807, 2.05) is 0 Å². The Hall–Kier alpha value is -2.86. The van der Waals surface area contributed by atoms with Crippen LogP contribution in [0.15, 0.2) is 78.9 Å². The summed E-state index contributed by atoms with van der Waals surface area (Å²) in [6.07, 6.45) is 14.4. The molecule has 0 heterocycles. The van der Waals surface area contributed by atoms with E-state index in [9.17, 15) is 0 Å². The second kappa shape index (κ2) is 9.33. The lowest BCUT2D eigenvalue weighted by molar-refractivity contribution is 0.443. The molecule has 3 aromatic rings. The first-order valence-electron chi connectivity index (χ1n) is 12.3. The van der Waals surface area contributed by atoms with Crippen molar-refractivity contribution in [1.82, 2.24) is 0 Å². The number of hydrogen-bond acceptors (Lipinski definition) is 0. The molecule has 2 aliphatic rings. The Morgan fingerprint density at radius 3 is 2.53 bits per heavy atom. The van der Waals surface area contributed by atoms with E-state index in [1.54, 1.807) is 5.56 Å². The summed E-state index contributed by atoms with van der Waals surface area (Å²) in [4.78, 5) is 0. The van der Waals surface area contributed by atoms with Crippen LogP contribution < -0.4 is 0 Å². The van der Waals surface area contributed by atoms with Crippen molar-refractivity contribution in [1.29, 1.82) is 0 Å². The molecule has 32 heavy (non-hydrogen) atoms. The van der Waals surface area contributed by atoms with Gasteiger partial charge in [0, 0.05) is 0 Å². The Balaban J connectivity index is 1.57. The van der Waals surface area contributed by atoms with Gasteiger partial charge in [0.05, 0.1) is 0 Å². The lowest BCUT2D eigenvalue weighted by Crippen LogP contribution is -2.06. The van der Waals surface area contributed by atoms with Crippen molar-refractivity contribution in [3.8, 4) is 11.1 Å². The number of fused-ring (bicyclic) bond motifs is 1. The zero-order valence-corrected chi connectivity index (χ0v) is 19.4. The molecule has 0 radical (unpaired) electrons. The molecule has 0 bridgehead atoms. The molecule has 0 atom stereocenters. The lowest BCUT2D eigenvalue weighted by Gasteiger charge is -2.24. The van der Waals surface area contributed by atoms with E-state index < -0.39 is 0 Å². The minimum atomic E-state index is 0.709. The summed E-state index contributed by atoms with van der Waals surface area (Å²) >= 11 is 0. The van der Waals surface area contributed by atoms with Crippen LogP contribution in [0.5, 0.6) is 0 Å². The van der Waals surface area contributed by atoms with Gasteiger partial charge in [0.2, 0.25) is 0 Å². The van der Waals surface area contributed by atoms with Crippen LogP contribution in [0.3, 0.4) is 0 Å². The summed E-state index contributed by atoms with van der Waals surface area (Å²) in [6.45, 7) is 6.28. The van der Waals surface area contributed by atoms with E-state index in [0.29, 0.717) is 5.92 Å². The standard InChI is InChI=1S/C32H34/c1-23(2)18-27-12-6-7-13-28(27)19-24-20-29(25-10-4-3-5-11-25)22-30(21-24)32-17-9-15-26-14-8-16-31(26)32/h6-9,12-13,15-17,20-22,25H,1,3-5,10-11,14,18-19H2,2H3. The highest BCUT2D eigenvalue weighted by Gasteiger charge is 2.19. The lowest BCUT2D eigenvalue weighted by atomic mass is 9.81. The Morgan fingerprint density at radius 1 is 0.906 bits per heavy atom. The Bertz CT molecular complexity index is 1150. The fourth-order valence-corrected chi connectivity index (χ4v) is 5.64. The first kappa shape index (κ1) is 21.0. The third-order valence-corrected chi connectivity index (χ3v) is 7.23. The van der Waals surface area contributed by atoms with Crippen molar-refractivity contribution in [2.45, 2.75) is 64.2 Å². The molecule has 0 unspecified atom stereocenters. The summed E-state index contributed by atoms with van der Waals surface area (Å²) in [5.41, 5.74) is 12.7. The van der Waals surface area contributed by atoms with E-state index in [4.69, 9.17) is 0 Å². The number of allylic oxidation sites excluding steroid dienone is 2. The molecule has 0 saturated heterocycles. The molecular formula is C32H34. The highest BCUT2D eigenvalue weighted by atomic mass is 14.2.